The van der Waals surface area contributed by atoms with E-state index in [0.717, 1.165) is 0 Å². The average molecular weight is 264 g/mol. The number of carbonyl (C=O) groups is 1. The molecule has 0 bridgehead atoms. The Morgan fingerprint density at radius 2 is 2.21 bits per heavy atom. The third-order valence-corrected chi connectivity index (χ3v) is 3.09. The predicted octanol–water partition coefficient (Wildman–Crippen LogP) is 1.78. The molecule has 2 rings (SSSR count). The summed E-state index contributed by atoms with van der Waals surface area (Å²) in [6.07, 6.45) is 1.51. The van der Waals surface area contributed by atoms with E-state index in [1.165, 1.54) is 17.2 Å². The van der Waals surface area contributed by atoms with Crippen molar-refractivity contribution < 1.29 is 18.8 Å². The Labute approximate surface area is 110 Å². The number of furan rings is 1. The van der Waals surface area contributed by atoms with Gasteiger partial charge in [-0.2, -0.15) is 0 Å². The standard InChI is InChI=1S/C13H16N2O4/c1-13(2,8-16)15(3)12(17)9-7-11(19-14-9)10-5-4-6-18-10/h4-7,16H,8H2,1-3H3. The van der Waals surface area contributed by atoms with Crippen LogP contribution in [0.1, 0.15) is 24.3 Å². The van der Waals surface area contributed by atoms with Crippen molar-refractivity contribution in [2.45, 2.75) is 19.4 Å². The molecule has 0 unspecified atom stereocenters. The third-order valence-electron chi connectivity index (χ3n) is 3.09. The Hall–Kier alpha value is -2.08. The summed E-state index contributed by atoms with van der Waals surface area (Å²) in [6, 6.07) is 4.96. The quantitative estimate of drug-likeness (QED) is 0.910. The van der Waals surface area contributed by atoms with Crippen LogP contribution in [0.5, 0.6) is 0 Å². The predicted molar refractivity (Wildman–Crippen MR) is 67.5 cm³/mol. The van der Waals surface area contributed by atoms with Crippen LogP contribution >= 0.6 is 0 Å². The summed E-state index contributed by atoms with van der Waals surface area (Å²) in [5.74, 6) is 0.583. The van der Waals surface area contributed by atoms with Gasteiger partial charge in [0.05, 0.1) is 18.4 Å². The molecule has 2 heterocycles. The van der Waals surface area contributed by atoms with Gasteiger partial charge >= 0.3 is 0 Å². The highest BCUT2D eigenvalue weighted by molar-refractivity contribution is 5.93. The molecule has 0 atom stereocenters. The topological polar surface area (TPSA) is 79.7 Å². The van der Waals surface area contributed by atoms with E-state index in [-0.39, 0.29) is 18.2 Å². The molecule has 6 heteroatoms. The molecule has 0 aliphatic rings. The maximum Gasteiger partial charge on any atom is 0.276 e. The van der Waals surface area contributed by atoms with Gasteiger partial charge in [-0.25, -0.2) is 0 Å². The number of aromatic nitrogens is 1. The van der Waals surface area contributed by atoms with Crippen molar-refractivity contribution in [3.8, 4) is 11.5 Å². The first-order valence-electron chi connectivity index (χ1n) is 5.85. The maximum absolute atomic E-state index is 12.2. The highest BCUT2D eigenvalue weighted by atomic mass is 16.5. The largest absolute Gasteiger partial charge is 0.461 e. The maximum atomic E-state index is 12.2. The van der Waals surface area contributed by atoms with Crippen LogP contribution in [0, 0.1) is 0 Å². The number of amides is 1. The van der Waals surface area contributed by atoms with Crippen molar-refractivity contribution in [2.24, 2.45) is 0 Å². The van der Waals surface area contributed by atoms with Crippen molar-refractivity contribution in [3.63, 3.8) is 0 Å². The Kier molecular flexibility index (Phi) is 3.44. The van der Waals surface area contributed by atoms with Crippen LogP contribution < -0.4 is 0 Å². The summed E-state index contributed by atoms with van der Waals surface area (Å²) in [4.78, 5) is 13.6. The molecule has 6 nitrogen and oxygen atoms in total. The lowest BCUT2D eigenvalue weighted by molar-refractivity contribution is 0.0464. The summed E-state index contributed by atoms with van der Waals surface area (Å²) in [6.45, 7) is 3.38. The molecule has 0 spiro atoms. The fourth-order valence-electron chi connectivity index (χ4n) is 1.46. The number of rotatable bonds is 4. The highest BCUT2D eigenvalue weighted by Gasteiger charge is 2.29. The van der Waals surface area contributed by atoms with E-state index >= 15 is 0 Å². The van der Waals surface area contributed by atoms with E-state index < -0.39 is 5.54 Å². The normalized spacial score (nSPS) is 11.6. The molecule has 19 heavy (non-hydrogen) atoms. The van der Waals surface area contributed by atoms with Gasteiger partial charge < -0.3 is 18.9 Å². The molecule has 1 N–H and O–H groups in total. The molecule has 2 aromatic rings. The van der Waals surface area contributed by atoms with E-state index in [2.05, 4.69) is 5.16 Å². The SMILES string of the molecule is CN(C(=O)c1cc(-c2ccco2)on1)C(C)(C)CO. The number of nitrogens with zero attached hydrogens (tertiary/aromatic N) is 2. The molecule has 0 aromatic carbocycles. The highest BCUT2D eigenvalue weighted by Crippen LogP contribution is 2.22. The summed E-state index contributed by atoms with van der Waals surface area (Å²) < 4.78 is 10.2. The molecule has 0 aliphatic heterocycles. The summed E-state index contributed by atoms with van der Waals surface area (Å²) in [5, 5.41) is 13.0. The minimum Gasteiger partial charge on any atom is -0.461 e. The molecular formula is C13H16N2O4. The molecule has 0 saturated heterocycles. The van der Waals surface area contributed by atoms with Crippen LogP contribution in [-0.2, 0) is 0 Å². The third kappa shape index (κ3) is 2.53. The minimum absolute atomic E-state index is 0.141. The zero-order valence-electron chi connectivity index (χ0n) is 11.1. The van der Waals surface area contributed by atoms with Gasteiger partial charge in [0.25, 0.3) is 5.91 Å². The summed E-state index contributed by atoms with van der Waals surface area (Å²) >= 11 is 0. The Bertz CT molecular complexity index is 557. The summed E-state index contributed by atoms with van der Waals surface area (Å²) in [5.41, 5.74) is -0.489. The first-order valence-corrected chi connectivity index (χ1v) is 5.85. The summed E-state index contributed by atoms with van der Waals surface area (Å²) in [7, 11) is 1.61. The van der Waals surface area contributed by atoms with Gasteiger partial charge in [0.1, 0.15) is 0 Å². The number of hydrogen-bond donors (Lipinski definition) is 1. The van der Waals surface area contributed by atoms with E-state index in [9.17, 15) is 9.90 Å². The second-order valence-corrected chi connectivity index (χ2v) is 4.89. The molecule has 0 radical (unpaired) electrons. The zero-order valence-corrected chi connectivity index (χ0v) is 11.1. The molecular weight excluding hydrogens is 248 g/mol. The second kappa shape index (κ2) is 4.89. The monoisotopic (exact) mass is 264 g/mol. The molecule has 2 aromatic heterocycles. The van der Waals surface area contributed by atoms with Crippen LogP contribution in [0.4, 0.5) is 0 Å². The lowest BCUT2D eigenvalue weighted by Gasteiger charge is -2.33. The Balaban J connectivity index is 2.21. The lowest BCUT2D eigenvalue weighted by Crippen LogP contribution is -2.47. The van der Waals surface area contributed by atoms with Gasteiger partial charge in [-0.05, 0) is 26.0 Å². The van der Waals surface area contributed by atoms with E-state index in [1.807, 2.05) is 0 Å². The molecule has 1 amide bonds. The molecule has 0 fully saturated rings. The van der Waals surface area contributed by atoms with Crippen LogP contribution in [0.2, 0.25) is 0 Å². The first-order chi connectivity index (χ1) is 8.95. The van der Waals surface area contributed by atoms with Gasteiger partial charge in [0, 0.05) is 13.1 Å². The molecule has 0 aliphatic carbocycles. The van der Waals surface area contributed by atoms with Crippen molar-refractivity contribution in [3.05, 3.63) is 30.2 Å². The van der Waals surface area contributed by atoms with Crippen molar-refractivity contribution in [1.82, 2.24) is 10.1 Å². The van der Waals surface area contributed by atoms with E-state index in [0.29, 0.717) is 11.5 Å². The number of aliphatic hydroxyl groups is 1. The zero-order chi connectivity index (χ0) is 14.0. The molecule has 0 saturated carbocycles. The van der Waals surface area contributed by atoms with Crippen LogP contribution in [-0.4, -0.2) is 40.3 Å². The van der Waals surface area contributed by atoms with Gasteiger partial charge in [0.15, 0.2) is 11.5 Å². The fourth-order valence-corrected chi connectivity index (χ4v) is 1.46. The Morgan fingerprint density at radius 1 is 1.47 bits per heavy atom. The fraction of sp³-hybridized carbons (Fsp3) is 0.385. The smallest absolute Gasteiger partial charge is 0.276 e. The van der Waals surface area contributed by atoms with Gasteiger partial charge in [-0.15, -0.1) is 0 Å². The molecule has 102 valence electrons. The van der Waals surface area contributed by atoms with E-state index in [4.69, 9.17) is 8.94 Å². The number of likely N-dealkylation sites (N-methyl/N-ethyl adjacent to an activating group) is 1. The van der Waals surface area contributed by atoms with Gasteiger partial charge in [0.2, 0.25) is 5.76 Å². The minimum atomic E-state index is -0.666. The first kappa shape index (κ1) is 13.4. The van der Waals surface area contributed by atoms with Gasteiger partial charge in [-0.3, -0.25) is 4.79 Å². The van der Waals surface area contributed by atoms with Gasteiger partial charge in [-0.1, -0.05) is 5.16 Å². The number of hydrogen-bond acceptors (Lipinski definition) is 5. The van der Waals surface area contributed by atoms with E-state index in [1.54, 1.807) is 33.0 Å². The van der Waals surface area contributed by atoms with Crippen LogP contribution in [0.15, 0.2) is 33.4 Å². The Morgan fingerprint density at radius 3 is 2.79 bits per heavy atom. The number of aliphatic hydroxyl groups excluding tert-OH is 1. The second-order valence-electron chi connectivity index (χ2n) is 4.89. The van der Waals surface area contributed by atoms with Crippen molar-refractivity contribution in [1.29, 1.82) is 0 Å². The van der Waals surface area contributed by atoms with Crippen molar-refractivity contribution >= 4 is 5.91 Å². The number of carbonyl (C=O) groups excluding carboxylic acids is 1. The van der Waals surface area contributed by atoms with Crippen molar-refractivity contribution in [2.75, 3.05) is 13.7 Å². The average Bonchev–Trinajstić information content (AvgIpc) is 3.06. The lowest BCUT2D eigenvalue weighted by atomic mass is 10.0. The van der Waals surface area contributed by atoms with Crippen LogP contribution in [0.3, 0.4) is 0 Å². The van der Waals surface area contributed by atoms with Crippen LogP contribution in [0.25, 0.3) is 11.5 Å².